The fourth-order valence-electron chi connectivity index (χ4n) is 3.80. The molecule has 5 nitrogen and oxygen atoms in total. The second-order valence-corrected chi connectivity index (χ2v) is 8.50. The van der Waals surface area contributed by atoms with E-state index in [1.54, 1.807) is 11.8 Å². The van der Waals surface area contributed by atoms with E-state index in [1.807, 2.05) is 6.92 Å². The summed E-state index contributed by atoms with van der Waals surface area (Å²) in [7, 11) is 0. The van der Waals surface area contributed by atoms with E-state index < -0.39 is 0 Å². The number of nitrogens with zero attached hydrogens (tertiary/aromatic N) is 4. The molecule has 4 rings (SSSR count). The van der Waals surface area contributed by atoms with E-state index >= 15 is 0 Å². The van der Waals surface area contributed by atoms with Crippen LogP contribution in [0.25, 0.3) is 11.5 Å². The molecule has 0 amide bonds. The number of piperazine rings is 1. The van der Waals surface area contributed by atoms with Gasteiger partial charge in [0.15, 0.2) is 0 Å². The van der Waals surface area contributed by atoms with E-state index in [2.05, 4.69) is 71.3 Å². The smallest absolute Gasteiger partial charge is 0.226 e. The van der Waals surface area contributed by atoms with E-state index in [0.29, 0.717) is 5.89 Å². The van der Waals surface area contributed by atoms with Crippen molar-refractivity contribution in [2.45, 2.75) is 32.2 Å². The SMILES string of the molecule is CSc1ccc(-c2nc(CN3CCN(c4cc(C)nc(C)c4)CC3)c(C)o2)cc1. The predicted molar refractivity (Wildman–Crippen MR) is 120 cm³/mol. The summed E-state index contributed by atoms with van der Waals surface area (Å²) in [5, 5.41) is 0. The van der Waals surface area contributed by atoms with Gasteiger partial charge in [-0.2, -0.15) is 0 Å². The Labute approximate surface area is 177 Å². The molecule has 0 bridgehead atoms. The minimum absolute atomic E-state index is 0.714. The molecule has 0 spiro atoms. The summed E-state index contributed by atoms with van der Waals surface area (Å²) >= 11 is 1.74. The van der Waals surface area contributed by atoms with Gasteiger partial charge in [-0.3, -0.25) is 9.88 Å². The monoisotopic (exact) mass is 408 g/mol. The van der Waals surface area contributed by atoms with Crippen LogP contribution in [0.3, 0.4) is 0 Å². The summed E-state index contributed by atoms with van der Waals surface area (Å²) in [4.78, 5) is 15.4. The lowest BCUT2D eigenvalue weighted by Gasteiger charge is -2.36. The van der Waals surface area contributed by atoms with Crippen LogP contribution in [0.15, 0.2) is 45.7 Å². The van der Waals surface area contributed by atoms with Gasteiger partial charge in [0, 0.05) is 60.3 Å². The first-order valence-electron chi connectivity index (χ1n) is 10.0. The fraction of sp³-hybridized carbons (Fsp3) is 0.391. The standard InChI is InChI=1S/C23H28N4OS/c1-16-13-20(14-17(2)24-16)27-11-9-26(10-12-27)15-22-18(3)28-23(25-22)19-5-7-21(29-4)8-6-19/h5-8,13-14H,9-12,15H2,1-4H3. The van der Waals surface area contributed by atoms with Crippen LogP contribution in [0, 0.1) is 20.8 Å². The molecule has 0 atom stereocenters. The number of pyridine rings is 1. The van der Waals surface area contributed by atoms with Crippen LogP contribution in [0.1, 0.15) is 22.8 Å². The molecule has 6 heteroatoms. The van der Waals surface area contributed by atoms with Crippen LogP contribution in [0.5, 0.6) is 0 Å². The van der Waals surface area contributed by atoms with Gasteiger partial charge in [-0.15, -0.1) is 11.8 Å². The van der Waals surface area contributed by atoms with Gasteiger partial charge in [0.25, 0.3) is 0 Å². The maximum absolute atomic E-state index is 5.97. The number of oxazole rings is 1. The number of anilines is 1. The van der Waals surface area contributed by atoms with Crippen molar-refractivity contribution in [2.75, 3.05) is 37.3 Å². The van der Waals surface area contributed by atoms with Gasteiger partial charge in [-0.25, -0.2) is 4.98 Å². The van der Waals surface area contributed by atoms with E-state index in [-0.39, 0.29) is 0 Å². The number of hydrogen-bond donors (Lipinski definition) is 0. The van der Waals surface area contributed by atoms with Crippen LogP contribution in [-0.4, -0.2) is 47.3 Å². The third kappa shape index (κ3) is 4.65. The van der Waals surface area contributed by atoms with E-state index in [1.165, 1.54) is 10.6 Å². The Balaban J connectivity index is 1.40. The predicted octanol–water partition coefficient (Wildman–Crippen LogP) is 4.71. The lowest BCUT2D eigenvalue weighted by molar-refractivity contribution is 0.246. The zero-order valence-corrected chi connectivity index (χ0v) is 18.4. The minimum atomic E-state index is 0.714. The zero-order chi connectivity index (χ0) is 20.4. The maximum Gasteiger partial charge on any atom is 0.226 e. The molecule has 3 aromatic rings. The third-order valence-electron chi connectivity index (χ3n) is 5.41. The van der Waals surface area contributed by atoms with Gasteiger partial charge in [0.2, 0.25) is 5.89 Å². The molecule has 1 aliphatic heterocycles. The summed E-state index contributed by atoms with van der Waals surface area (Å²) in [6, 6.07) is 12.7. The molecule has 0 unspecified atom stereocenters. The molecule has 0 saturated carbocycles. The van der Waals surface area contributed by atoms with E-state index in [0.717, 1.165) is 61.1 Å². The Hall–Kier alpha value is -2.31. The van der Waals surface area contributed by atoms with E-state index in [9.17, 15) is 0 Å². The molecular formula is C23H28N4OS. The zero-order valence-electron chi connectivity index (χ0n) is 17.6. The van der Waals surface area contributed by atoms with Crippen LogP contribution in [0.4, 0.5) is 5.69 Å². The van der Waals surface area contributed by atoms with Crippen molar-refractivity contribution in [1.29, 1.82) is 0 Å². The van der Waals surface area contributed by atoms with Crippen LogP contribution in [-0.2, 0) is 6.54 Å². The van der Waals surface area contributed by atoms with Crippen molar-refractivity contribution in [2.24, 2.45) is 0 Å². The number of thioether (sulfide) groups is 1. The van der Waals surface area contributed by atoms with Gasteiger partial charge >= 0.3 is 0 Å². The highest BCUT2D eigenvalue weighted by Gasteiger charge is 2.20. The maximum atomic E-state index is 5.97. The van der Waals surface area contributed by atoms with Gasteiger partial charge in [0.05, 0.1) is 5.69 Å². The Morgan fingerprint density at radius 3 is 2.21 bits per heavy atom. The fourth-order valence-corrected chi connectivity index (χ4v) is 4.21. The van der Waals surface area contributed by atoms with Crippen molar-refractivity contribution in [1.82, 2.24) is 14.9 Å². The molecule has 2 aromatic heterocycles. The summed E-state index contributed by atoms with van der Waals surface area (Å²) < 4.78 is 5.97. The molecule has 29 heavy (non-hydrogen) atoms. The Morgan fingerprint density at radius 1 is 0.931 bits per heavy atom. The van der Waals surface area contributed by atoms with E-state index in [4.69, 9.17) is 9.40 Å². The first-order chi connectivity index (χ1) is 14.0. The molecule has 1 aliphatic rings. The Morgan fingerprint density at radius 2 is 1.59 bits per heavy atom. The summed E-state index contributed by atoms with van der Waals surface area (Å²) in [6.45, 7) is 11.0. The average Bonchev–Trinajstić information content (AvgIpc) is 3.08. The first-order valence-corrected chi connectivity index (χ1v) is 11.3. The van der Waals surface area contributed by atoms with Crippen molar-refractivity contribution in [3.8, 4) is 11.5 Å². The molecule has 0 radical (unpaired) electrons. The molecule has 1 saturated heterocycles. The van der Waals surface area contributed by atoms with Gasteiger partial charge in [-0.05, 0) is 63.4 Å². The Kier molecular flexibility index (Phi) is 5.92. The molecule has 1 aromatic carbocycles. The topological polar surface area (TPSA) is 45.4 Å². The molecule has 0 aliphatic carbocycles. The van der Waals surface area contributed by atoms with Crippen molar-refractivity contribution >= 4 is 17.4 Å². The number of rotatable bonds is 5. The van der Waals surface area contributed by atoms with Gasteiger partial charge in [0.1, 0.15) is 5.76 Å². The highest BCUT2D eigenvalue weighted by Crippen LogP contribution is 2.26. The first kappa shape index (κ1) is 20.0. The molecular weight excluding hydrogens is 380 g/mol. The van der Waals surface area contributed by atoms with Gasteiger partial charge < -0.3 is 9.32 Å². The molecule has 3 heterocycles. The summed E-state index contributed by atoms with van der Waals surface area (Å²) in [5.74, 6) is 1.63. The number of benzene rings is 1. The van der Waals surface area contributed by atoms with Crippen molar-refractivity contribution in [3.63, 3.8) is 0 Å². The molecule has 152 valence electrons. The van der Waals surface area contributed by atoms with Crippen molar-refractivity contribution in [3.05, 3.63) is 59.2 Å². The van der Waals surface area contributed by atoms with Crippen LogP contribution in [0.2, 0.25) is 0 Å². The average molecular weight is 409 g/mol. The molecule has 1 fully saturated rings. The second-order valence-electron chi connectivity index (χ2n) is 7.62. The number of aryl methyl sites for hydroxylation is 3. The lowest BCUT2D eigenvalue weighted by atomic mass is 10.2. The molecule has 0 N–H and O–H groups in total. The minimum Gasteiger partial charge on any atom is -0.441 e. The summed E-state index contributed by atoms with van der Waals surface area (Å²) in [5.41, 5.74) is 5.52. The van der Waals surface area contributed by atoms with Crippen LogP contribution >= 0.6 is 11.8 Å². The number of hydrogen-bond acceptors (Lipinski definition) is 6. The second kappa shape index (κ2) is 8.59. The van der Waals surface area contributed by atoms with Crippen molar-refractivity contribution < 1.29 is 4.42 Å². The van der Waals surface area contributed by atoms with Gasteiger partial charge in [-0.1, -0.05) is 0 Å². The third-order valence-corrected chi connectivity index (χ3v) is 6.15. The number of aromatic nitrogens is 2. The highest BCUT2D eigenvalue weighted by molar-refractivity contribution is 7.98. The lowest BCUT2D eigenvalue weighted by Crippen LogP contribution is -2.46. The highest BCUT2D eigenvalue weighted by atomic mass is 32.2. The normalized spacial score (nSPS) is 15.1. The Bertz CT molecular complexity index is 955. The quantitative estimate of drug-likeness (QED) is 0.570. The van der Waals surface area contributed by atoms with Crippen LogP contribution < -0.4 is 4.90 Å². The largest absolute Gasteiger partial charge is 0.441 e. The summed E-state index contributed by atoms with van der Waals surface area (Å²) in [6.07, 6.45) is 2.08.